The van der Waals surface area contributed by atoms with Gasteiger partial charge in [0.15, 0.2) is 0 Å². The fraction of sp³-hybridized carbons (Fsp3) is 0.650. The molecule has 0 radical (unpaired) electrons. The number of nitrogens with zero attached hydrogens (tertiary/aromatic N) is 1. The molecule has 150 valence electrons. The first-order chi connectivity index (χ1) is 11.6. The van der Waals surface area contributed by atoms with E-state index in [1.54, 1.807) is 0 Å². The molecule has 1 amide bonds. The lowest BCUT2D eigenvalue weighted by Gasteiger charge is -2.27. The van der Waals surface area contributed by atoms with E-state index in [-0.39, 0.29) is 30.7 Å². The van der Waals surface area contributed by atoms with E-state index in [1.165, 1.54) is 18.4 Å². The summed E-state index contributed by atoms with van der Waals surface area (Å²) >= 11 is 0. The van der Waals surface area contributed by atoms with Crippen molar-refractivity contribution in [2.24, 2.45) is 11.8 Å². The Morgan fingerprint density at radius 2 is 1.88 bits per heavy atom. The molecule has 0 spiro atoms. The first kappa shape index (κ1) is 25.2. The summed E-state index contributed by atoms with van der Waals surface area (Å²) in [6.07, 6.45) is 2.99. The van der Waals surface area contributed by atoms with Crippen LogP contribution in [0.1, 0.15) is 45.6 Å². The van der Waals surface area contributed by atoms with Crippen LogP contribution in [0.15, 0.2) is 24.3 Å². The normalized spacial score (nSPS) is 15.7. The molecule has 2 N–H and O–H groups in total. The summed E-state index contributed by atoms with van der Waals surface area (Å²) in [4.78, 5) is 14.7. The Balaban J connectivity index is 0.00000312. The minimum atomic E-state index is 0. The molecule has 1 aliphatic heterocycles. The molecule has 1 aromatic carbocycles. The Labute approximate surface area is 171 Å². The second-order valence-electron chi connectivity index (χ2n) is 6.98. The molecule has 0 aliphatic carbocycles. The Morgan fingerprint density at radius 3 is 2.50 bits per heavy atom. The van der Waals surface area contributed by atoms with E-state index in [0.717, 1.165) is 38.4 Å². The monoisotopic (exact) mass is 403 g/mol. The average molecular weight is 404 g/mol. The highest BCUT2D eigenvalue weighted by molar-refractivity contribution is 5.90. The zero-order valence-electron chi connectivity index (χ0n) is 16.3. The number of piperidine rings is 1. The van der Waals surface area contributed by atoms with Crippen molar-refractivity contribution in [2.45, 2.75) is 46.6 Å². The van der Waals surface area contributed by atoms with E-state index >= 15 is 0 Å². The van der Waals surface area contributed by atoms with Crippen LogP contribution < -0.4 is 10.6 Å². The predicted octanol–water partition coefficient (Wildman–Crippen LogP) is 4.34. The molecular formula is C20H35Cl2N3O. The first-order valence-corrected chi connectivity index (χ1v) is 9.44. The van der Waals surface area contributed by atoms with Crippen LogP contribution in [0.3, 0.4) is 0 Å². The number of amides is 1. The largest absolute Gasteiger partial charge is 0.326 e. The van der Waals surface area contributed by atoms with Crippen LogP contribution in [-0.2, 0) is 11.3 Å². The van der Waals surface area contributed by atoms with Gasteiger partial charge in [0.2, 0.25) is 5.91 Å². The molecule has 1 atom stereocenters. The fourth-order valence-corrected chi connectivity index (χ4v) is 3.54. The van der Waals surface area contributed by atoms with E-state index in [4.69, 9.17) is 0 Å². The van der Waals surface area contributed by atoms with Gasteiger partial charge in [0.05, 0.1) is 0 Å². The number of carbonyl (C=O) groups is 1. The maximum Gasteiger partial charge on any atom is 0.224 e. The van der Waals surface area contributed by atoms with Crippen molar-refractivity contribution >= 4 is 36.4 Å². The van der Waals surface area contributed by atoms with Crippen LogP contribution >= 0.6 is 24.8 Å². The van der Waals surface area contributed by atoms with E-state index in [2.05, 4.69) is 48.4 Å². The zero-order valence-corrected chi connectivity index (χ0v) is 17.9. The van der Waals surface area contributed by atoms with Crippen molar-refractivity contribution in [3.05, 3.63) is 29.8 Å². The smallest absolute Gasteiger partial charge is 0.224 e. The lowest BCUT2D eigenvalue weighted by atomic mass is 9.84. The standard InChI is InChI=1S/C20H33N3O.2ClH/c1-4-23(5-2)15-17-7-6-8-19(14-17)22-20(24)13-16(3)18-9-11-21-12-10-18;;/h6-8,14,16,18,21H,4-5,9-13,15H2,1-3H3,(H,22,24);2*1H. The lowest BCUT2D eigenvalue weighted by Crippen LogP contribution is -2.32. The number of hydrogen-bond acceptors (Lipinski definition) is 3. The molecule has 1 aliphatic rings. The van der Waals surface area contributed by atoms with Crippen LogP contribution in [0, 0.1) is 11.8 Å². The second kappa shape index (κ2) is 13.4. The highest BCUT2D eigenvalue weighted by Crippen LogP contribution is 2.24. The molecule has 0 aromatic heterocycles. The van der Waals surface area contributed by atoms with Crippen LogP contribution in [-0.4, -0.2) is 37.0 Å². The number of benzene rings is 1. The van der Waals surface area contributed by atoms with Crippen LogP contribution in [0.2, 0.25) is 0 Å². The molecule has 26 heavy (non-hydrogen) atoms. The van der Waals surface area contributed by atoms with Gasteiger partial charge in [0, 0.05) is 18.7 Å². The summed E-state index contributed by atoms with van der Waals surface area (Å²) in [5, 5.41) is 6.48. The third-order valence-electron chi connectivity index (χ3n) is 5.21. The molecule has 6 heteroatoms. The summed E-state index contributed by atoms with van der Waals surface area (Å²) in [5.41, 5.74) is 2.17. The molecule has 1 saturated heterocycles. The molecule has 0 saturated carbocycles. The van der Waals surface area contributed by atoms with Crippen LogP contribution in [0.5, 0.6) is 0 Å². The summed E-state index contributed by atoms with van der Waals surface area (Å²) in [6.45, 7) is 11.8. The van der Waals surface area contributed by atoms with Gasteiger partial charge in [-0.1, -0.05) is 32.9 Å². The number of anilines is 1. The second-order valence-corrected chi connectivity index (χ2v) is 6.98. The first-order valence-electron chi connectivity index (χ1n) is 9.44. The van der Waals surface area contributed by atoms with Crippen molar-refractivity contribution in [3.8, 4) is 0 Å². The quantitative estimate of drug-likeness (QED) is 0.678. The molecule has 1 unspecified atom stereocenters. The lowest BCUT2D eigenvalue weighted by molar-refractivity contribution is -0.117. The van der Waals surface area contributed by atoms with E-state index in [1.807, 2.05) is 12.1 Å². The van der Waals surface area contributed by atoms with Crippen molar-refractivity contribution in [1.29, 1.82) is 0 Å². The minimum absolute atomic E-state index is 0. The zero-order chi connectivity index (χ0) is 17.4. The Hall–Kier alpha value is -0.810. The van der Waals surface area contributed by atoms with Crippen molar-refractivity contribution < 1.29 is 4.79 Å². The summed E-state index contributed by atoms with van der Waals surface area (Å²) in [5.74, 6) is 1.26. The van der Waals surface area contributed by atoms with E-state index < -0.39 is 0 Å². The Bertz CT molecular complexity index is 518. The van der Waals surface area contributed by atoms with Gasteiger partial charge in [-0.3, -0.25) is 9.69 Å². The third-order valence-corrected chi connectivity index (χ3v) is 5.21. The molecule has 1 fully saturated rings. The van der Waals surface area contributed by atoms with Gasteiger partial charge >= 0.3 is 0 Å². The minimum Gasteiger partial charge on any atom is -0.326 e. The maximum atomic E-state index is 12.4. The number of rotatable bonds is 8. The van der Waals surface area contributed by atoms with Crippen LogP contribution in [0.4, 0.5) is 5.69 Å². The molecule has 0 bridgehead atoms. The summed E-state index contributed by atoms with van der Waals surface area (Å²) in [6, 6.07) is 8.25. The molecular weight excluding hydrogens is 369 g/mol. The summed E-state index contributed by atoms with van der Waals surface area (Å²) in [7, 11) is 0. The van der Waals surface area contributed by atoms with Gasteiger partial charge in [-0.2, -0.15) is 0 Å². The topological polar surface area (TPSA) is 44.4 Å². The maximum absolute atomic E-state index is 12.4. The predicted molar refractivity (Wildman–Crippen MR) is 116 cm³/mol. The van der Waals surface area contributed by atoms with Gasteiger partial charge in [-0.25, -0.2) is 0 Å². The highest BCUT2D eigenvalue weighted by atomic mass is 35.5. The van der Waals surface area contributed by atoms with Gasteiger partial charge in [-0.15, -0.1) is 24.8 Å². The third kappa shape index (κ3) is 8.26. The van der Waals surface area contributed by atoms with Crippen LogP contribution in [0.25, 0.3) is 0 Å². The SMILES string of the molecule is CCN(CC)Cc1cccc(NC(=O)CC(C)C2CCNCC2)c1.Cl.Cl. The van der Waals surface area contributed by atoms with E-state index in [9.17, 15) is 4.79 Å². The van der Waals surface area contributed by atoms with Gasteiger partial charge in [0.1, 0.15) is 0 Å². The van der Waals surface area contributed by atoms with E-state index in [0.29, 0.717) is 18.3 Å². The molecule has 4 nitrogen and oxygen atoms in total. The van der Waals surface area contributed by atoms with Crippen molar-refractivity contribution in [1.82, 2.24) is 10.2 Å². The average Bonchev–Trinajstić information content (AvgIpc) is 2.60. The number of hydrogen-bond donors (Lipinski definition) is 2. The molecule has 2 rings (SSSR count). The molecule has 1 aromatic rings. The van der Waals surface area contributed by atoms with Gasteiger partial charge in [0.25, 0.3) is 0 Å². The van der Waals surface area contributed by atoms with Gasteiger partial charge in [-0.05, 0) is 68.6 Å². The number of nitrogens with one attached hydrogen (secondary N) is 2. The number of halogens is 2. The highest BCUT2D eigenvalue weighted by Gasteiger charge is 2.22. The fourth-order valence-electron chi connectivity index (χ4n) is 3.54. The molecule has 1 heterocycles. The Morgan fingerprint density at radius 1 is 1.23 bits per heavy atom. The number of carbonyl (C=O) groups excluding carboxylic acids is 1. The summed E-state index contributed by atoms with van der Waals surface area (Å²) < 4.78 is 0. The van der Waals surface area contributed by atoms with Gasteiger partial charge < -0.3 is 10.6 Å². The Kier molecular flexibility index (Phi) is 13.0. The van der Waals surface area contributed by atoms with Crippen molar-refractivity contribution in [2.75, 3.05) is 31.5 Å². The van der Waals surface area contributed by atoms with Crippen molar-refractivity contribution in [3.63, 3.8) is 0 Å².